The molecule has 7 rings (SSSR count). The standard InChI is InChI=1S/C26H47BN4Si/c1-2-8-18(9-3-1)27-19-10-4-16-30-25(19)32(26-20(27)11-5-17-31-26)21-12-6-14-28-23(21)24-22(32)13-7-15-29-24/h18-26,28-31H,1-17H2. The molecule has 178 valence electrons. The fraction of sp³-hybridized carbons (Fsp3) is 1.00. The van der Waals surface area contributed by atoms with E-state index in [0.717, 1.165) is 58.7 Å². The summed E-state index contributed by atoms with van der Waals surface area (Å²) < 4.78 is 0. The third-order valence-electron chi connectivity index (χ3n) is 12.0. The molecule has 0 aromatic heterocycles. The molecular weight excluding hydrogens is 407 g/mol. The Bertz CT molecular complexity index is 639. The Morgan fingerprint density at radius 1 is 0.500 bits per heavy atom. The Kier molecular flexibility index (Phi) is 5.79. The van der Waals surface area contributed by atoms with E-state index in [1.807, 2.05) is 0 Å². The van der Waals surface area contributed by atoms with Crippen molar-refractivity contribution in [1.82, 2.24) is 21.3 Å². The summed E-state index contributed by atoms with van der Waals surface area (Å²) in [5.41, 5.74) is 3.80. The van der Waals surface area contributed by atoms with E-state index in [2.05, 4.69) is 21.3 Å². The lowest BCUT2D eigenvalue weighted by molar-refractivity contribution is 0.301. The molecule has 0 aromatic rings. The van der Waals surface area contributed by atoms with Gasteiger partial charge >= 0.3 is 0 Å². The normalized spacial score (nSPS) is 51.6. The van der Waals surface area contributed by atoms with Crippen molar-refractivity contribution in [2.24, 2.45) is 0 Å². The molecular formula is C26H47BN4Si. The van der Waals surface area contributed by atoms with Gasteiger partial charge in [-0.25, -0.2) is 0 Å². The molecule has 1 spiro atoms. The predicted octanol–water partition coefficient (Wildman–Crippen LogP) is 3.86. The number of hydrogen-bond acceptors (Lipinski definition) is 4. The van der Waals surface area contributed by atoms with E-state index in [4.69, 9.17) is 0 Å². The summed E-state index contributed by atoms with van der Waals surface area (Å²) in [5.74, 6) is 3.04. The first kappa shape index (κ1) is 21.4. The second-order valence-corrected chi connectivity index (χ2v) is 17.6. The smallest absolute Gasteiger partial charge is 0.152 e. The van der Waals surface area contributed by atoms with Gasteiger partial charge in [0.05, 0.1) is 8.07 Å². The van der Waals surface area contributed by atoms with E-state index < -0.39 is 8.07 Å². The maximum absolute atomic E-state index is 4.39. The van der Waals surface area contributed by atoms with Crippen molar-refractivity contribution in [3.05, 3.63) is 0 Å². The van der Waals surface area contributed by atoms with Crippen LogP contribution in [0, 0.1) is 0 Å². The Hall–Kier alpha value is 0.122. The van der Waals surface area contributed by atoms with Crippen molar-refractivity contribution in [1.29, 1.82) is 0 Å². The Labute approximate surface area is 197 Å². The lowest BCUT2D eigenvalue weighted by Crippen LogP contribution is -2.79. The molecule has 6 heterocycles. The van der Waals surface area contributed by atoms with Crippen LogP contribution in [-0.4, -0.2) is 64.4 Å². The quantitative estimate of drug-likeness (QED) is 0.455. The van der Waals surface area contributed by atoms with Crippen LogP contribution in [-0.2, 0) is 0 Å². The molecule has 4 nitrogen and oxygen atoms in total. The summed E-state index contributed by atoms with van der Waals surface area (Å²) in [6.45, 7) is 6.17. The van der Waals surface area contributed by atoms with Crippen LogP contribution in [0.15, 0.2) is 0 Å². The third kappa shape index (κ3) is 3.01. The minimum Gasteiger partial charge on any atom is -0.317 e. The summed E-state index contributed by atoms with van der Waals surface area (Å²) in [4.78, 5) is 0. The van der Waals surface area contributed by atoms with Crippen molar-refractivity contribution in [2.45, 2.75) is 135 Å². The number of rotatable bonds is 1. The highest BCUT2D eigenvalue weighted by Gasteiger charge is 2.73. The summed E-state index contributed by atoms with van der Waals surface area (Å²) in [6, 6.07) is 1.56. The van der Waals surface area contributed by atoms with Gasteiger partial charge in [0.15, 0.2) is 6.71 Å². The molecule has 7 aliphatic rings. The molecule has 32 heavy (non-hydrogen) atoms. The fourth-order valence-corrected chi connectivity index (χ4v) is 20.7. The van der Waals surface area contributed by atoms with Crippen molar-refractivity contribution in [3.63, 3.8) is 0 Å². The molecule has 6 heteroatoms. The van der Waals surface area contributed by atoms with Gasteiger partial charge in [-0.2, -0.15) is 0 Å². The molecule has 6 saturated heterocycles. The van der Waals surface area contributed by atoms with Crippen LogP contribution >= 0.6 is 0 Å². The molecule has 1 saturated carbocycles. The minimum atomic E-state index is -1.62. The lowest BCUT2D eigenvalue weighted by atomic mass is 9.24. The van der Waals surface area contributed by atoms with Gasteiger partial charge in [-0.15, -0.1) is 0 Å². The van der Waals surface area contributed by atoms with Crippen molar-refractivity contribution in [2.75, 3.05) is 26.2 Å². The first-order valence-corrected chi connectivity index (χ1v) is 17.1. The minimum absolute atomic E-state index is 0.778. The Morgan fingerprint density at radius 2 is 1.00 bits per heavy atom. The van der Waals surface area contributed by atoms with Crippen molar-refractivity contribution >= 4 is 14.8 Å². The van der Waals surface area contributed by atoms with Crippen LogP contribution in [0.5, 0.6) is 0 Å². The molecule has 0 radical (unpaired) electrons. The van der Waals surface area contributed by atoms with Crippen LogP contribution in [0.25, 0.3) is 0 Å². The SMILES string of the molecule is C1CCC(B2C3CCCNC3[Si]3(C4CCCNC4C4NCCCC43)C3NCCCC23)CC1. The molecule has 6 aliphatic heterocycles. The highest BCUT2D eigenvalue weighted by atomic mass is 28.3. The predicted molar refractivity (Wildman–Crippen MR) is 137 cm³/mol. The van der Waals surface area contributed by atoms with Gasteiger partial charge in [0, 0.05) is 12.1 Å². The molecule has 4 N–H and O–H groups in total. The fourth-order valence-electron chi connectivity index (χ4n) is 11.4. The van der Waals surface area contributed by atoms with Gasteiger partial charge in [0.1, 0.15) is 0 Å². The van der Waals surface area contributed by atoms with E-state index in [9.17, 15) is 0 Å². The van der Waals surface area contributed by atoms with E-state index in [1.54, 1.807) is 25.7 Å². The van der Waals surface area contributed by atoms with Gasteiger partial charge in [-0.1, -0.05) is 50.8 Å². The molecule has 0 bridgehead atoms. The summed E-state index contributed by atoms with van der Waals surface area (Å²) in [6.07, 6.45) is 19.5. The maximum Gasteiger partial charge on any atom is 0.152 e. The number of hydrogen-bond donors (Lipinski definition) is 4. The average Bonchev–Trinajstić information content (AvgIpc) is 3.16. The third-order valence-corrected chi connectivity index (χ3v) is 19.2. The molecule has 7 fully saturated rings. The van der Waals surface area contributed by atoms with Gasteiger partial charge in [0.25, 0.3) is 0 Å². The van der Waals surface area contributed by atoms with E-state index in [0.29, 0.717) is 0 Å². The largest absolute Gasteiger partial charge is 0.317 e. The first-order valence-electron chi connectivity index (χ1n) is 14.8. The van der Waals surface area contributed by atoms with Gasteiger partial charge in [-0.3, -0.25) is 0 Å². The molecule has 0 aromatic carbocycles. The van der Waals surface area contributed by atoms with Gasteiger partial charge in [-0.05, 0) is 98.8 Å². The van der Waals surface area contributed by atoms with Crippen molar-refractivity contribution < 1.29 is 0 Å². The second kappa shape index (κ2) is 8.65. The number of fused-ring (bicyclic) bond motifs is 9. The Morgan fingerprint density at radius 3 is 1.56 bits per heavy atom. The van der Waals surface area contributed by atoms with Crippen LogP contribution in [0.2, 0.25) is 28.5 Å². The van der Waals surface area contributed by atoms with Crippen molar-refractivity contribution in [3.8, 4) is 0 Å². The molecule has 8 unspecified atom stereocenters. The molecule has 0 amide bonds. The monoisotopic (exact) mass is 454 g/mol. The topological polar surface area (TPSA) is 48.1 Å². The van der Waals surface area contributed by atoms with Gasteiger partial charge < -0.3 is 21.3 Å². The zero-order valence-electron chi connectivity index (χ0n) is 20.3. The first-order chi connectivity index (χ1) is 15.9. The van der Waals surface area contributed by atoms with Crippen LogP contribution < -0.4 is 21.3 Å². The highest BCUT2D eigenvalue weighted by Crippen LogP contribution is 2.65. The Balaban J connectivity index is 1.36. The number of piperidine rings is 4. The zero-order valence-corrected chi connectivity index (χ0v) is 21.3. The second-order valence-electron chi connectivity index (χ2n) is 12.9. The number of nitrogens with one attached hydrogen (secondary N) is 4. The zero-order chi connectivity index (χ0) is 21.1. The molecule has 1 aliphatic carbocycles. The van der Waals surface area contributed by atoms with Gasteiger partial charge in [0.2, 0.25) is 0 Å². The van der Waals surface area contributed by atoms with E-state index in [1.165, 1.54) is 84.0 Å². The lowest BCUT2D eigenvalue weighted by Gasteiger charge is -2.65. The maximum atomic E-state index is 4.39. The van der Waals surface area contributed by atoms with Crippen LogP contribution in [0.1, 0.15) is 83.5 Å². The highest BCUT2D eigenvalue weighted by molar-refractivity contribution is 6.91. The summed E-state index contributed by atoms with van der Waals surface area (Å²) in [7, 11) is -1.62. The summed E-state index contributed by atoms with van der Waals surface area (Å²) >= 11 is 0. The summed E-state index contributed by atoms with van der Waals surface area (Å²) in [5, 5.41) is 17.0. The average molecular weight is 455 g/mol. The van der Waals surface area contributed by atoms with E-state index in [-0.39, 0.29) is 0 Å². The van der Waals surface area contributed by atoms with Crippen LogP contribution in [0.3, 0.4) is 0 Å². The van der Waals surface area contributed by atoms with E-state index >= 15 is 0 Å². The molecule has 8 atom stereocenters. The van der Waals surface area contributed by atoms with Crippen LogP contribution in [0.4, 0.5) is 0 Å².